The van der Waals surface area contributed by atoms with Gasteiger partial charge in [-0.05, 0) is 41.3 Å². The summed E-state index contributed by atoms with van der Waals surface area (Å²) in [5, 5.41) is 18.2. The highest BCUT2D eigenvalue weighted by Gasteiger charge is 2.20. The van der Waals surface area contributed by atoms with Crippen molar-refractivity contribution < 1.29 is 24.6 Å². The molecule has 2 rings (SSSR count). The standard InChI is InChI=1S/C20H21NO5/c1-13(2)15-6-8-17(9-7-15)21(12-19(23)24)18(22)11-14-4-3-5-16(10-14)20(25)26/h3-10,13H,11-12H2,1-2H3,(H,23,24)(H,25,26). The van der Waals surface area contributed by atoms with E-state index in [9.17, 15) is 14.4 Å². The Labute approximate surface area is 151 Å². The van der Waals surface area contributed by atoms with Crippen LogP contribution in [0.1, 0.15) is 41.3 Å². The van der Waals surface area contributed by atoms with Gasteiger partial charge < -0.3 is 15.1 Å². The third kappa shape index (κ3) is 4.92. The molecule has 0 aromatic heterocycles. The molecule has 6 nitrogen and oxygen atoms in total. The number of carboxylic acid groups (broad SMARTS) is 2. The number of carboxylic acids is 2. The van der Waals surface area contributed by atoms with Crippen molar-refractivity contribution >= 4 is 23.5 Å². The lowest BCUT2D eigenvalue weighted by Crippen LogP contribution is -2.36. The van der Waals surface area contributed by atoms with Crippen LogP contribution >= 0.6 is 0 Å². The van der Waals surface area contributed by atoms with Gasteiger partial charge in [0, 0.05) is 5.69 Å². The van der Waals surface area contributed by atoms with Crippen LogP contribution in [0.4, 0.5) is 5.69 Å². The van der Waals surface area contributed by atoms with E-state index in [1.807, 2.05) is 26.0 Å². The summed E-state index contributed by atoms with van der Waals surface area (Å²) in [6, 6.07) is 13.3. The molecular formula is C20H21NO5. The first-order valence-corrected chi connectivity index (χ1v) is 8.22. The van der Waals surface area contributed by atoms with E-state index in [1.54, 1.807) is 24.3 Å². The third-order valence-electron chi connectivity index (χ3n) is 4.00. The number of nitrogens with zero attached hydrogens (tertiary/aromatic N) is 1. The maximum atomic E-state index is 12.7. The van der Waals surface area contributed by atoms with Crippen molar-refractivity contribution in [3.63, 3.8) is 0 Å². The molecule has 0 radical (unpaired) electrons. The number of amides is 1. The molecule has 0 atom stereocenters. The smallest absolute Gasteiger partial charge is 0.335 e. The lowest BCUT2D eigenvalue weighted by Gasteiger charge is -2.21. The monoisotopic (exact) mass is 355 g/mol. The normalized spacial score (nSPS) is 10.6. The Kier molecular flexibility index (Phi) is 6.11. The number of aromatic carboxylic acids is 1. The molecule has 0 heterocycles. The highest BCUT2D eigenvalue weighted by molar-refractivity contribution is 5.98. The second-order valence-corrected chi connectivity index (χ2v) is 6.30. The van der Waals surface area contributed by atoms with Gasteiger partial charge in [-0.15, -0.1) is 0 Å². The second-order valence-electron chi connectivity index (χ2n) is 6.30. The second kappa shape index (κ2) is 8.29. The molecule has 0 aliphatic rings. The predicted molar refractivity (Wildman–Crippen MR) is 97.6 cm³/mol. The molecule has 0 unspecified atom stereocenters. The first-order chi connectivity index (χ1) is 12.3. The van der Waals surface area contributed by atoms with Gasteiger partial charge in [-0.3, -0.25) is 9.59 Å². The molecule has 136 valence electrons. The Hall–Kier alpha value is -3.15. The van der Waals surface area contributed by atoms with Crippen molar-refractivity contribution in [2.45, 2.75) is 26.2 Å². The van der Waals surface area contributed by atoms with Crippen LogP contribution in [0.25, 0.3) is 0 Å². The minimum absolute atomic E-state index is 0.0830. The highest BCUT2D eigenvalue weighted by Crippen LogP contribution is 2.21. The van der Waals surface area contributed by atoms with Crippen LogP contribution in [0.5, 0.6) is 0 Å². The Morgan fingerprint density at radius 3 is 2.19 bits per heavy atom. The fraction of sp³-hybridized carbons (Fsp3) is 0.250. The number of anilines is 1. The van der Waals surface area contributed by atoms with Gasteiger partial charge in [0.1, 0.15) is 6.54 Å². The summed E-state index contributed by atoms with van der Waals surface area (Å²) in [7, 11) is 0. The largest absolute Gasteiger partial charge is 0.480 e. The SMILES string of the molecule is CC(C)c1ccc(N(CC(=O)O)C(=O)Cc2cccc(C(=O)O)c2)cc1. The number of carbonyl (C=O) groups is 3. The van der Waals surface area contributed by atoms with E-state index in [-0.39, 0.29) is 12.0 Å². The number of benzene rings is 2. The van der Waals surface area contributed by atoms with Crippen molar-refractivity contribution in [1.29, 1.82) is 0 Å². The van der Waals surface area contributed by atoms with E-state index in [0.717, 1.165) is 5.56 Å². The van der Waals surface area contributed by atoms with Gasteiger partial charge in [-0.25, -0.2) is 4.79 Å². The van der Waals surface area contributed by atoms with E-state index in [4.69, 9.17) is 10.2 Å². The van der Waals surface area contributed by atoms with E-state index < -0.39 is 24.4 Å². The van der Waals surface area contributed by atoms with Gasteiger partial charge in [-0.2, -0.15) is 0 Å². The van der Waals surface area contributed by atoms with Crippen LogP contribution in [0.2, 0.25) is 0 Å². The maximum Gasteiger partial charge on any atom is 0.335 e. The van der Waals surface area contributed by atoms with Crippen molar-refractivity contribution in [2.75, 3.05) is 11.4 Å². The Balaban J connectivity index is 2.25. The lowest BCUT2D eigenvalue weighted by molar-refractivity contribution is -0.136. The van der Waals surface area contributed by atoms with E-state index >= 15 is 0 Å². The number of hydrogen-bond acceptors (Lipinski definition) is 3. The highest BCUT2D eigenvalue weighted by atomic mass is 16.4. The molecule has 0 saturated heterocycles. The Bertz CT molecular complexity index is 811. The van der Waals surface area contributed by atoms with Crippen LogP contribution in [-0.2, 0) is 16.0 Å². The molecule has 2 aromatic rings. The summed E-state index contributed by atoms with van der Waals surface area (Å²) in [4.78, 5) is 36.1. The summed E-state index contributed by atoms with van der Waals surface area (Å²) < 4.78 is 0. The Morgan fingerprint density at radius 1 is 1.00 bits per heavy atom. The number of carbonyl (C=O) groups excluding carboxylic acids is 1. The molecule has 2 aromatic carbocycles. The lowest BCUT2D eigenvalue weighted by atomic mass is 10.0. The summed E-state index contributed by atoms with van der Waals surface area (Å²) in [6.45, 7) is 3.63. The van der Waals surface area contributed by atoms with Gasteiger partial charge in [0.05, 0.1) is 12.0 Å². The van der Waals surface area contributed by atoms with Crippen LogP contribution in [0.3, 0.4) is 0 Å². The summed E-state index contributed by atoms with van der Waals surface area (Å²) in [5.74, 6) is -2.28. The van der Waals surface area contributed by atoms with Crippen molar-refractivity contribution in [3.05, 3.63) is 65.2 Å². The first kappa shape index (κ1) is 19.2. The number of rotatable bonds is 7. The molecule has 0 aliphatic carbocycles. The first-order valence-electron chi connectivity index (χ1n) is 8.22. The average Bonchev–Trinajstić information content (AvgIpc) is 2.59. The van der Waals surface area contributed by atoms with E-state index in [0.29, 0.717) is 17.2 Å². The maximum absolute atomic E-state index is 12.7. The van der Waals surface area contributed by atoms with Gasteiger partial charge in [0.2, 0.25) is 5.91 Å². The number of hydrogen-bond donors (Lipinski definition) is 2. The number of aliphatic carboxylic acids is 1. The molecule has 0 spiro atoms. The molecular weight excluding hydrogens is 334 g/mol. The van der Waals surface area contributed by atoms with Crippen LogP contribution < -0.4 is 4.90 Å². The molecule has 1 amide bonds. The molecule has 0 aliphatic heterocycles. The summed E-state index contributed by atoms with van der Waals surface area (Å²) in [5.41, 5.74) is 2.19. The molecule has 2 N–H and O–H groups in total. The van der Waals surface area contributed by atoms with Gasteiger partial charge in [0.25, 0.3) is 0 Å². The average molecular weight is 355 g/mol. The fourth-order valence-corrected chi connectivity index (χ4v) is 2.58. The molecule has 26 heavy (non-hydrogen) atoms. The summed E-state index contributed by atoms with van der Waals surface area (Å²) in [6.07, 6.45) is -0.0830. The zero-order valence-electron chi connectivity index (χ0n) is 14.7. The zero-order chi connectivity index (χ0) is 19.3. The Morgan fingerprint density at radius 2 is 1.65 bits per heavy atom. The minimum Gasteiger partial charge on any atom is -0.480 e. The van der Waals surface area contributed by atoms with E-state index in [1.165, 1.54) is 17.0 Å². The molecule has 0 fully saturated rings. The third-order valence-corrected chi connectivity index (χ3v) is 4.00. The van der Waals surface area contributed by atoms with Gasteiger partial charge in [-0.1, -0.05) is 38.1 Å². The fourth-order valence-electron chi connectivity index (χ4n) is 2.58. The predicted octanol–water partition coefficient (Wildman–Crippen LogP) is 3.17. The minimum atomic E-state index is -1.12. The topological polar surface area (TPSA) is 94.9 Å². The van der Waals surface area contributed by atoms with Gasteiger partial charge in [0.15, 0.2) is 0 Å². The van der Waals surface area contributed by atoms with E-state index in [2.05, 4.69) is 0 Å². The van der Waals surface area contributed by atoms with Crippen molar-refractivity contribution in [3.8, 4) is 0 Å². The van der Waals surface area contributed by atoms with Crippen LogP contribution in [-0.4, -0.2) is 34.6 Å². The van der Waals surface area contributed by atoms with Crippen LogP contribution in [0.15, 0.2) is 48.5 Å². The van der Waals surface area contributed by atoms with Crippen molar-refractivity contribution in [1.82, 2.24) is 0 Å². The molecule has 6 heteroatoms. The van der Waals surface area contributed by atoms with Crippen molar-refractivity contribution in [2.24, 2.45) is 0 Å². The zero-order valence-corrected chi connectivity index (χ0v) is 14.7. The quantitative estimate of drug-likeness (QED) is 0.795. The van der Waals surface area contributed by atoms with Crippen LogP contribution in [0, 0.1) is 0 Å². The summed E-state index contributed by atoms with van der Waals surface area (Å²) >= 11 is 0. The molecule has 0 saturated carbocycles. The van der Waals surface area contributed by atoms with Gasteiger partial charge >= 0.3 is 11.9 Å². The molecule has 0 bridgehead atoms.